The van der Waals surface area contributed by atoms with Crippen LogP contribution in [0.5, 0.6) is 5.88 Å². The topological polar surface area (TPSA) is 47.3 Å². The van der Waals surface area contributed by atoms with Crippen LogP contribution in [0.2, 0.25) is 0 Å². The average molecular weight is 282 g/mol. The molecule has 1 aromatic rings. The van der Waals surface area contributed by atoms with E-state index in [1.54, 1.807) is 11.8 Å². The van der Waals surface area contributed by atoms with Crippen LogP contribution in [0.15, 0.2) is 0 Å². The van der Waals surface area contributed by atoms with Crippen molar-refractivity contribution in [2.75, 3.05) is 7.11 Å². The molecule has 1 unspecified atom stereocenters. The van der Waals surface area contributed by atoms with Gasteiger partial charge in [0, 0.05) is 7.05 Å². The predicted molar refractivity (Wildman–Crippen MR) is 82.1 cm³/mol. The number of aromatic nitrogens is 2. The Hall–Kier alpha value is -1.03. The molecule has 1 aromatic heterocycles. The van der Waals surface area contributed by atoms with Gasteiger partial charge in [0.05, 0.1) is 24.5 Å². The van der Waals surface area contributed by atoms with Crippen LogP contribution in [-0.4, -0.2) is 22.0 Å². The fourth-order valence-corrected chi connectivity index (χ4v) is 2.72. The van der Waals surface area contributed by atoms with Crippen LogP contribution in [0, 0.1) is 6.92 Å². The van der Waals surface area contributed by atoms with E-state index in [0.717, 1.165) is 24.1 Å². The number of ether oxygens (including phenoxy) is 1. The van der Waals surface area contributed by atoms with Crippen LogP contribution in [0.3, 0.4) is 0 Å². The highest BCUT2D eigenvalue weighted by Gasteiger charge is 2.20. The Balaban J connectivity index is 2.34. The summed E-state index contributed by atoms with van der Waals surface area (Å²) in [5, 5.41) is 14.6. The fraction of sp³-hybridized carbons (Fsp3) is 0.812. The number of aliphatic hydroxyl groups is 1. The molecule has 4 nitrogen and oxygen atoms in total. The van der Waals surface area contributed by atoms with Gasteiger partial charge in [-0.05, 0) is 13.3 Å². The van der Waals surface area contributed by atoms with Gasteiger partial charge in [0.2, 0.25) is 5.88 Å². The first kappa shape index (κ1) is 17.0. The largest absolute Gasteiger partial charge is 0.481 e. The van der Waals surface area contributed by atoms with Gasteiger partial charge in [0.1, 0.15) is 0 Å². The Bertz CT molecular complexity index is 388. The van der Waals surface area contributed by atoms with Gasteiger partial charge < -0.3 is 9.84 Å². The van der Waals surface area contributed by atoms with Crippen molar-refractivity contribution in [3.05, 3.63) is 11.3 Å². The SMILES string of the molecule is CCCCCCCCCC(O)c1c(C)nn(C)c1OC. The Morgan fingerprint density at radius 3 is 2.35 bits per heavy atom. The minimum atomic E-state index is -0.464. The number of aryl methyl sites for hydroxylation is 2. The molecular formula is C16H30N2O2. The van der Waals surface area contributed by atoms with Gasteiger partial charge in [-0.3, -0.25) is 0 Å². The molecule has 0 aliphatic rings. The first-order valence-corrected chi connectivity index (χ1v) is 7.87. The molecule has 1 atom stereocenters. The smallest absolute Gasteiger partial charge is 0.217 e. The summed E-state index contributed by atoms with van der Waals surface area (Å²) in [6, 6.07) is 0. The third-order valence-electron chi connectivity index (χ3n) is 3.82. The van der Waals surface area contributed by atoms with Gasteiger partial charge in [0.25, 0.3) is 0 Å². The van der Waals surface area contributed by atoms with Crippen molar-refractivity contribution >= 4 is 0 Å². The van der Waals surface area contributed by atoms with E-state index in [4.69, 9.17) is 4.74 Å². The van der Waals surface area contributed by atoms with Gasteiger partial charge >= 0.3 is 0 Å². The standard InChI is InChI=1S/C16H30N2O2/c1-5-6-7-8-9-10-11-12-14(19)15-13(2)17-18(3)16(15)20-4/h14,19H,5-12H2,1-4H3. The normalized spacial score (nSPS) is 12.7. The number of hydrogen-bond acceptors (Lipinski definition) is 3. The summed E-state index contributed by atoms with van der Waals surface area (Å²) in [7, 11) is 3.47. The second-order valence-electron chi connectivity index (χ2n) is 5.56. The first-order valence-electron chi connectivity index (χ1n) is 7.87. The Kier molecular flexibility index (Phi) is 7.67. The molecule has 20 heavy (non-hydrogen) atoms. The maximum Gasteiger partial charge on any atom is 0.217 e. The van der Waals surface area contributed by atoms with Crippen molar-refractivity contribution in [3.8, 4) is 5.88 Å². The van der Waals surface area contributed by atoms with E-state index >= 15 is 0 Å². The second-order valence-corrected chi connectivity index (χ2v) is 5.56. The number of nitrogens with zero attached hydrogens (tertiary/aromatic N) is 2. The van der Waals surface area contributed by atoms with Crippen LogP contribution in [0.25, 0.3) is 0 Å². The Morgan fingerprint density at radius 1 is 1.15 bits per heavy atom. The lowest BCUT2D eigenvalue weighted by Gasteiger charge is -2.12. The predicted octanol–water partition coefficient (Wildman–Crippen LogP) is 3.91. The lowest BCUT2D eigenvalue weighted by atomic mass is 10.0. The molecule has 0 amide bonds. The molecule has 0 radical (unpaired) electrons. The third kappa shape index (κ3) is 4.82. The van der Waals surface area contributed by atoms with Crippen molar-refractivity contribution in [2.45, 2.75) is 71.3 Å². The van der Waals surface area contributed by atoms with E-state index in [-0.39, 0.29) is 0 Å². The zero-order valence-electron chi connectivity index (χ0n) is 13.5. The lowest BCUT2D eigenvalue weighted by molar-refractivity contribution is 0.158. The summed E-state index contributed by atoms with van der Waals surface area (Å²) in [6.45, 7) is 4.16. The van der Waals surface area contributed by atoms with Crippen molar-refractivity contribution in [3.63, 3.8) is 0 Å². The highest BCUT2D eigenvalue weighted by molar-refractivity contribution is 5.33. The van der Waals surface area contributed by atoms with E-state index in [2.05, 4.69) is 12.0 Å². The van der Waals surface area contributed by atoms with E-state index in [1.807, 2.05) is 14.0 Å². The lowest BCUT2D eigenvalue weighted by Crippen LogP contribution is -2.02. The summed E-state index contributed by atoms with van der Waals surface area (Å²) in [4.78, 5) is 0. The van der Waals surface area contributed by atoms with E-state index < -0.39 is 6.10 Å². The molecule has 116 valence electrons. The second kappa shape index (κ2) is 9.01. The maximum atomic E-state index is 10.3. The van der Waals surface area contributed by atoms with E-state index in [0.29, 0.717) is 5.88 Å². The molecule has 1 heterocycles. The van der Waals surface area contributed by atoms with Gasteiger partial charge in [0.15, 0.2) is 0 Å². The highest BCUT2D eigenvalue weighted by Crippen LogP contribution is 2.31. The summed E-state index contributed by atoms with van der Waals surface area (Å²) in [6.07, 6.45) is 9.15. The molecule has 0 bridgehead atoms. The molecule has 0 saturated carbocycles. The monoisotopic (exact) mass is 282 g/mol. The third-order valence-corrected chi connectivity index (χ3v) is 3.82. The molecule has 0 saturated heterocycles. The summed E-state index contributed by atoms with van der Waals surface area (Å²) >= 11 is 0. The average Bonchev–Trinajstić information content (AvgIpc) is 2.71. The summed E-state index contributed by atoms with van der Waals surface area (Å²) < 4.78 is 7.02. The quantitative estimate of drug-likeness (QED) is 0.662. The van der Waals surface area contributed by atoms with E-state index in [1.165, 1.54) is 38.5 Å². The van der Waals surface area contributed by atoms with Crippen molar-refractivity contribution in [2.24, 2.45) is 7.05 Å². The molecule has 1 N–H and O–H groups in total. The minimum Gasteiger partial charge on any atom is -0.481 e. The van der Waals surface area contributed by atoms with Crippen LogP contribution in [0.1, 0.15) is 75.7 Å². The molecule has 0 aliphatic carbocycles. The Labute approximate surface area is 123 Å². The van der Waals surface area contributed by atoms with Gasteiger partial charge in [-0.2, -0.15) is 5.10 Å². The number of hydrogen-bond donors (Lipinski definition) is 1. The van der Waals surface area contributed by atoms with Gasteiger partial charge in [-0.1, -0.05) is 51.9 Å². The van der Waals surface area contributed by atoms with Crippen molar-refractivity contribution in [1.82, 2.24) is 9.78 Å². The van der Waals surface area contributed by atoms with E-state index in [9.17, 15) is 5.11 Å². The van der Waals surface area contributed by atoms with Crippen LogP contribution < -0.4 is 4.74 Å². The Morgan fingerprint density at radius 2 is 1.75 bits per heavy atom. The maximum absolute atomic E-state index is 10.3. The van der Waals surface area contributed by atoms with Gasteiger partial charge in [-0.25, -0.2) is 4.68 Å². The minimum absolute atomic E-state index is 0.464. The van der Waals surface area contributed by atoms with Crippen LogP contribution in [-0.2, 0) is 7.05 Å². The van der Waals surface area contributed by atoms with Crippen LogP contribution >= 0.6 is 0 Å². The molecule has 0 fully saturated rings. The molecule has 1 rings (SSSR count). The molecule has 0 aliphatic heterocycles. The highest BCUT2D eigenvalue weighted by atomic mass is 16.5. The van der Waals surface area contributed by atoms with Crippen LogP contribution in [0.4, 0.5) is 0 Å². The number of unbranched alkanes of at least 4 members (excludes halogenated alkanes) is 6. The molecular weight excluding hydrogens is 252 g/mol. The van der Waals surface area contributed by atoms with Gasteiger partial charge in [-0.15, -0.1) is 0 Å². The van der Waals surface area contributed by atoms with Crippen molar-refractivity contribution < 1.29 is 9.84 Å². The zero-order valence-corrected chi connectivity index (χ0v) is 13.5. The van der Waals surface area contributed by atoms with Crippen molar-refractivity contribution in [1.29, 1.82) is 0 Å². The fourth-order valence-electron chi connectivity index (χ4n) is 2.72. The zero-order chi connectivity index (χ0) is 15.0. The summed E-state index contributed by atoms with van der Waals surface area (Å²) in [5.74, 6) is 0.679. The first-order chi connectivity index (χ1) is 9.61. The number of rotatable bonds is 10. The molecule has 4 heteroatoms. The summed E-state index contributed by atoms with van der Waals surface area (Å²) in [5.41, 5.74) is 1.71. The molecule has 0 aromatic carbocycles. The molecule has 0 spiro atoms. The number of aliphatic hydroxyl groups excluding tert-OH is 1. The number of methoxy groups -OCH3 is 1.